The Morgan fingerprint density at radius 1 is 0.526 bits per heavy atom. The highest BCUT2D eigenvalue weighted by molar-refractivity contribution is 6.94. The Hall–Kier alpha value is -2.62. The standard InChI is InChI=1S/C27H42O2Si3.C20H36O2Si3/c1-9-30(3,4)21-22-32(7,8)25-17-15-24(16-18-25)31(5,6)20-12-19-29-27(28)26-14-11-10-13-23(26)2;1-8-23(2,3)16-17-25(6,7)20-12-10-19(11-13-20)24(4,5)15-9-14-22-18-21/h9-11,13-18H,1,12,19-22H2,2-8H3;8,10-13,18H,1,9,14-17H2,2-7H3. The minimum Gasteiger partial charge on any atom is -0.468 e. The molecule has 0 aliphatic rings. The van der Waals surface area contributed by atoms with E-state index in [0.717, 1.165) is 30.5 Å². The number of hydrogen-bond acceptors (Lipinski definition) is 4. The summed E-state index contributed by atoms with van der Waals surface area (Å²) in [7, 11) is -8.27. The molecule has 0 aliphatic heterocycles. The van der Waals surface area contributed by atoms with Crippen LogP contribution in [0.3, 0.4) is 0 Å². The van der Waals surface area contributed by atoms with Crippen molar-refractivity contribution in [1.82, 2.24) is 0 Å². The van der Waals surface area contributed by atoms with Crippen LogP contribution in [0.4, 0.5) is 0 Å². The van der Waals surface area contributed by atoms with Crippen LogP contribution in [0.1, 0.15) is 28.8 Å². The van der Waals surface area contributed by atoms with Gasteiger partial charge in [0.15, 0.2) is 0 Å². The molecule has 3 aromatic rings. The molecule has 57 heavy (non-hydrogen) atoms. The van der Waals surface area contributed by atoms with Crippen LogP contribution < -0.4 is 20.7 Å². The number of aryl methyl sites for hydroxylation is 1. The molecule has 3 rings (SSSR count). The van der Waals surface area contributed by atoms with Crippen LogP contribution in [0.15, 0.2) is 97.4 Å². The van der Waals surface area contributed by atoms with Gasteiger partial charge in [0.2, 0.25) is 0 Å². The van der Waals surface area contributed by atoms with E-state index in [1.54, 1.807) is 10.4 Å². The summed E-state index contributed by atoms with van der Waals surface area (Å²) in [6, 6.07) is 34.3. The second-order valence-corrected chi connectivity index (χ2v) is 49.4. The zero-order chi connectivity index (χ0) is 43.1. The van der Waals surface area contributed by atoms with Gasteiger partial charge in [-0.1, -0.05) is 202 Å². The van der Waals surface area contributed by atoms with E-state index >= 15 is 0 Å². The first kappa shape index (κ1) is 50.5. The Labute approximate surface area is 355 Å². The van der Waals surface area contributed by atoms with E-state index in [4.69, 9.17) is 9.47 Å². The molecule has 0 saturated heterocycles. The van der Waals surface area contributed by atoms with Crippen molar-refractivity contribution in [2.24, 2.45) is 0 Å². The molecular formula is C47H78O4Si6. The Balaban J connectivity index is 0.000000406. The predicted octanol–water partition coefficient (Wildman–Crippen LogP) is 11.0. The van der Waals surface area contributed by atoms with E-state index in [9.17, 15) is 9.59 Å². The fourth-order valence-corrected chi connectivity index (χ4v) is 25.1. The number of carbonyl (C=O) groups is 2. The fraction of sp³-hybridized carbons (Fsp3) is 0.489. The lowest BCUT2D eigenvalue weighted by atomic mass is 10.1. The summed E-state index contributed by atoms with van der Waals surface area (Å²) < 4.78 is 10.4. The zero-order valence-corrected chi connectivity index (χ0v) is 44.3. The van der Waals surface area contributed by atoms with Crippen LogP contribution in [0.5, 0.6) is 0 Å². The summed E-state index contributed by atoms with van der Waals surface area (Å²) in [5.41, 5.74) is 6.09. The summed E-state index contributed by atoms with van der Waals surface area (Å²) in [5.74, 6) is -0.207. The molecule has 3 aromatic carbocycles. The molecule has 0 fully saturated rings. The second kappa shape index (κ2) is 22.1. The third kappa shape index (κ3) is 16.9. The van der Waals surface area contributed by atoms with Gasteiger partial charge in [-0.15, -0.1) is 24.6 Å². The summed E-state index contributed by atoms with van der Waals surface area (Å²) in [6.45, 7) is 40.9. The van der Waals surface area contributed by atoms with E-state index in [-0.39, 0.29) is 5.97 Å². The minimum atomic E-state index is -1.56. The normalized spacial score (nSPS) is 12.6. The summed E-state index contributed by atoms with van der Waals surface area (Å²) >= 11 is 0. The zero-order valence-electron chi connectivity index (χ0n) is 38.3. The number of carbonyl (C=O) groups excluding carboxylic acids is 2. The molecule has 0 heterocycles. The lowest BCUT2D eigenvalue weighted by Gasteiger charge is -2.28. The molecule has 0 N–H and O–H groups in total. The van der Waals surface area contributed by atoms with Crippen molar-refractivity contribution in [2.45, 2.75) is 135 Å². The molecule has 0 unspecified atom stereocenters. The number of esters is 1. The molecule has 0 aromatic heterocycles. The Bertz CT molecular complexity index is 1730. The Morgan fingerprint density at radius 2 is 0.877 bits per heavy atom. The maximum atomic E-state index is 12.3. The van der Waals surface area contributed by atoms with Crippen molar-refractivity contribution in [1.29, 1.82) is 0 Å². The van der Waals surface area contributed by atoms with E-state index in [1.807, 2.05) is 31.2 Å². The van der Waals surface area contributed by atoms with Crippen molar-refractivity contribution >= 4 is 81.6 Å². The maximum absolute atomic E-state index is 12.3. The van der Waals surface area contributed by atoms with E-state index in [1.165, 1.54) is 34.5 Å². The van der Waals surface area contributed by atoms with Crippen molar-refractivity contribution in [2.75, 3.05) is 13.2 Å². The van der Waals surface area contributed by atoms with Gasteiger partial charge in [0, 0.05) is 0 Å². The van der Waals surface area contributed by atoms with Gasteiger partial charge in [0.05, 0.1) is 67.2 Å². The molecule has 10 heteroatoms. The highest BCUT2D eigenvalue weighted by Gasteiger charge is 2.30. The van der Waals surface area contributed by atoms with Crippen LogP contribution in [-0.2, 0) is 14.3 Å². The average Bonchev–Trinajstić information content (AvgIpc) is 3.17. The molecule has 0 atom stereocenters. The maximum Gasteiger partial charge on any atom is 0.338 e. The van der Waals surface area contributed by atoms with E-state index < -0.39 is 48.4 Å². The molecule has 0 bridgehead atoms. The van der Waals surface area contributed by atoms with E-state index in [0.29, 0.717) is 25.2 Å². The molecule has 0 aliphatic carbocycles. The largest absolute Gasteiger partial charge is 0.468 e. The SMILES string of the molecule is C=C[Si](C)(C)CC[Si](C)(C)c1ccc([Si](C)(C)CCCOC(=O)c2ccccc2C)cc1.C=C[Si](C)(C)CC[Si](C)(C)c1ccc([Si](C)(C)CCCOC=O)cc1. The predicted molar refractivity (Wildman–Crippen MR) is 268 cm³/mol. The van der Waals surface area contributed by atoms with Gasteiger partial charge in [-0.3, -0.25) is 4.79 Å². The monoisotopic (exact) mass is 874 g/mol. The smallest absolute Gasteiger partial charge is 0.338 e. The third-order valence-corrected chi connectivity index (χ3v) is 32.5. The summed E-state index contributed by atoms with van der Waals surface area (Å²) in [5, 5.41) is 6.14. The first-order chi connectivity index (χ1) is 26.4. The van der Waals surface area contributed by atoms with Gasteiger partial charge in [-0.05, 0) is 31.4 Å². The number of ether oxygens (including phenoxy) is 2. The van der Waals surface area contributed by atoms with Crippen molar-refractivity contribution in [3.63, 3.8) is 0 Å². The van der Waals surface area contributed by atoms with Crippen LogP contribution in [0.25, 0.3) is 0 Å². The van der Waals surface area contributed by atoms with Gasteiger partial charge < -0.3 is 9.47 Å². The second-order valence-electron chi connectivity index (χ2n) is 20.2. The van der Waals surface area contributed by atoms with Gasteiger partial charge in [-0.2, -0.15) is 0 Å². The molecule has 0 saturated carbocycles. The number of rotatable bonds is 22. The molecule has 0 amide bonds. The quantitative estimate of drug-likeness (QED) is 0.0437. The topological polar surface area (TPSA) is 52.6 Å². The van der Waals surface area contributed by atoms with Crippen LogP contribution in [0, 0.1) is 6.92 Å². The molecule has 314 valence electrons. The van der Waals surface area contributed by atoms with Gasteiger partial charge in [-0.25, -0.2) is 4.79 Å². The Morgan fingerprint density at radius 3 is 1.23 bits per heavy atom. The van der Waals surface area contributed by atoms with Gasteiger partial charge >= 0.3 is 5.97 Å². The number of hydrogen-bond donors (Lipinski definition) is 0. The van der Waals surface area contributed by atoms with Crippen LogP contribution in [0.2, 0.25) is 115 Å². The average molecular weight is 876 g/mol. The van der Waals surface area contributed by atoms with Crippen LogP contribution >= 0.6 is 0 Å². The lowest BCUT2D eigenvalue weighted by Crippen LogP contribution is -2.46. The summed E-state index contributed by atoms with van der Waals surface area (Å²) in [6.07, 6.45) is 1.88. The van der Waals surface area contributed by atoms with E-state index in [2.05, 4.69) is 152 Å². The highest BCUT2D eigenvalue weighted by atomic mass is 28.3. The van der Waals surface area contributed by atoms with Gasteiger partial charge in [0.25, 0.3) is 6.47 Å². The first-order valence-corrected chi connectivity index (χ1v) is 40.6. The van der Waals surface area contributed by atoms with Crippen molar-refractivity contribution in [3.8, 4) is 0 Å². The summed E-state index contributed by atoms with van der Waals surface area (Å²) in [4.78, 5) is 22.6. The molecule has 0 spiro atoms. The molecule has 4 nitrogen and oxygen atoms in total. The van der Waals surface area contributed by atoms with Crippen molar-refractivity contribution in [3.05, 3.63) is 108 Å². The minimum absolute atomic E-state index is 0.207. The first-order valence-electron chi connectivity index (χ1n) is 21.2. The lowest BCUT2D eigenvalue weighted by molar-refractivity contribution is -0.128. The highest BCUT2D eigenvalue weighted by Crippen LogP contribution is 2.23. The van der Waals surface area contributed by atoms with Gasteiger partial charge in [0.1, 0.15) is 0 Å². The van der Waals surface area contributed by atoms with Crippen molar-refractivity contribution < 1.29 is 19.1 Å². The molecular weight excluding hydrogens is 797 g/mol. The third-order valence-electron chi connectivity index (χ3n) is 12.5. The number of benzene rings is 3. The van der Waals surface area contributed by atoms with Crippen LogP contribution in [-0.4, -0.2) is 74.1 Å². The molecule has 0 radical (unpaired) electrons. The Kier molecular flexibility index (Phi) is 19.6. The fourth-order valence-electron chi connectivity index (χ4n) is 7.00.